The fourth-order valence-corrected chi connectivity index (χ4v) is 2.44. The van der Waals surface area contributed by atoms with Crippen LogP contribution in [0.1, 0.15) is 47.9 Å². The van der Waals surface area contributed by atoms with Crippen LogP contribution in [0, 0.1) is 0 Å². The Morgan fingerprint density at radius 1 is 0.586 bits per heavy atom. The third kappa shape index (κ3) is 5.65. The van der Waals surface area contributed by atoms with Crippen molar-refractivity contribution in [2.75, 3.05) is 27.4 Å². The Hall–Kier alpha value is -3.68. The molecule has 0 radical (unpaired) electrons. The predicted molar refractivity (Wildman–Crippen MR) is 101 cm³/mol. The molecule has 0 atom stereocenters. The Balaban J connectivity index is 1.85. The number of carbonyl (C=O) groups excluding carboxylic acids is 4. The van der Waals surface area contributed by atoms with Crippen LogP contribution in [0.15, 0.2) is 48.5 Å². The number of hydrogen-bond donors (Lipinski definition) is 0. The van der Waals surface area contributed by atoms with Crippen molar-refractivity contribution in [1.82, 2.24) is 0 Å². The summed E-state index contributed by atoms with van der Waals surface area (Å²) in [6, 6.07) is 12.2. The van der Waals surface area contributed by atoms with Crippen molar-refractivity contribution in [2.45, 2.75) is 6.42 Å². The number of benzene rings is 2. The minimum absolute atomic E-state index is 0.0275. The molecular weight excluding hydrogens is 380 g/mol. The Bertz CT molecular complexity index is 830. The van der Waals surface area contributed by atoms with E-state index in [-0.39, 0.29) is 41.9 Å². The summed E-state index contributed by atoms with van der Waals surface area (Å²) >= 11 is 0. The van der Waals surface area contributed by atoms with Crippen molar-refractivity contribution in [3.05, 3.63) is 70.8 Å². The van der Waals surface area contributed by atoms with Gasteiger partial charge in [-0.05, 0) is 24.3 Å². The van der Waals surface area contributed by atoms with Crippen LogP contribution in [0.5, 0.6) is 0 Å². The van der Waals surface area contributed by atoms with Gasteiger partial charge in [0.1, 0.15) is 0 Å². The van der Waals surface area contributed by atoms with Gasteiger partial charge in [0.25, 0.3) is 0 Å². The number of rotatable bonds is 8. The zero-order valence-corrected chi connectivity index (χ0v) is 16.0. The van der Waals surface area contributed by atoms with E-state index in [1.54, 1.807) is 24.3 Å². The molecule has 0 aliphatic heterocycles. The molecule has 8 heteroatoms. The van der Waals surface area contributed by atoms with Crippen molar-refractivity contribution >= 4 is 23.9 Å². The van der Waals surface area contributed by atoms with Crippen LogP contribution in [0.3, 0.4) is 0 Å². The van der Waals surface area contributed by atoms with Crippen LogP contribution in [-0.2, 0) is 18.9 Å². The van der Waals surface area contributed by atoms with Gasteiger partial charge in [-0.25, -0.2) is 19.2 Å². The molecule has 0 saturated carbocycles. The Morgan fingerprint density at radius 3 is 1.21 bits per heavy atom. The number of carbonyl (C=O) groups is 4. The molecule has 0 fully saturated rings. The molecule has 0 unspecified atom stereocenters. The molecule has 2 aromatic carbocycles. The van der Waals surface area contributed by atoms with Gasteiger partial charge in [0, 0.05) is 6.42 Å². The third-order valence-electron chi connectivity index (χ3n) is 3.86. The zero-order valence-electron chi connectivity index (χ0n) is 16.0. The summed E-state index contributed by atoms with van der Waals surface area (Å²) in [5.74, 6) is -2.66. The standard InChI is InChI=1S/C21H20O8/c1-26-18(22)14-8-3-5-10-16(14)20(24)28-12-7-13-29-21(25)17-11-6-4-9-15(17)19(23)27-2/h3-6,8-11H,7,12-13H2,1-2H3. The van der Waals surface area contributed by atoms with Crippen molar-refractivity contribution < 1.29 is 38.1 Å². The lowest BCUT2D eigenvalue weighted by atomic mass is 10.1. The van der Waals surface area contributed by atoms with E-state index in [2.05, 4.69) is 9.47 Å². The van der Waals surface area contributed by atoms with Gasteiger partial charge in [0.15, 0.2) is 0 Å². The van der Waals surface area contributed by atoms with Gasteiger partial charge in [0.05, 0.1) is 49.7 Å². The maximum absolute atomic E-state index is 12.2. The van der Waals surface area contributed by atoms with Gasteiger partial charge in [-0.3, -0.25) is 0 Å². The lowest BCUT2D eigenvalue weighted by Crippen LogP contribution is -2.16. The van der Waals surface area contributed by atoms with Gasteiger partial charge >= 0.3 is 23.9 Å². The van der Waals surface area contributed by atoms with Crippen LogP contribution >= 0.6 is 0 Å². The van der Waals surface area contributed by atoms with E-state index in [1.807, 2.05) is 0 Å². The van der Waals surface area contributed by atoms with Gasteiger partial charge in [-0.1, -0.05) is 24.3 Å². The molecule has 8 nitrogen and oxygen atoms in total. The summed E-state index contributed by atoms with van der Waals surface area (Å²) in [6.45, 7) is -0.0550. The first-order valence-electron chi connectivity index (χ1n) is 8.68. The van der Waals surface area contributed by atoms with Gasteiger partial charge in [0.2, 0.25) is 0 Å². The van der Waals surface area contributed by atoms with Crippen molar-refractivity contribution in [3.8, 4) is 0 Å². The highest BCUT2D eigenvalue weighted by atomic mass is 16.5. The first kappa shape index (κ1) is 21.6. The molecule has 0 N–H and O–H groups in total. The highest BCUT2D eigenvalue weighted by molar-refractivity contribution is 6.03. The molecule has 2 aromatic rings. The Labute approximate surface area is 167 Å². The van der Waals surface area contributed by atoms with Crippen molar-refractivity contribution in [1.29, 1.82) is 0 Å². The lowest BCUT2D eigenvalue weighted by molar-refractivity contribution is 0.0382. The Morgan fingerprint density at radius 2 is 0.897 bits per heavy atom. The monoisotopic (exact) mass is 400 g/mol. The Kier molecular flexibility index (Phi) is 7.90. The molecule has 0 saturated heterocycles. The first-order valence-corrected chi connectivity index (χ1v) is 8.68. The quantitative estimate of drug-likeness (QED) is 0.378. The van der Waals surface area contributed by atoms with E-state index in [9.17, 15) is 19.2 Å². The first-order chi connectivity index (χ1) is 14.0. The number of hydrogen-bond acceptors (Lipinski definition) is 8. The second-order valence-corrected chi connectivity index (χ2v) is 5.70. The van der Waals surface area contributed by atoms with Crippen molar-refractivity contribution in [2.24, 2.45) is 0 Å². The van der Waals surface area contributed by atoms with Crippen LogP contribution in [0.25, 0.3) is 0 Å². The second-order valence-electron chi connectivity index (χ2n) is 5.70. The summed E-state index contributed by atoms with van der Waals surface area (Å²) in [7, 11) is 2.44. The van der Waals surface area contributed by atoms with Crippen molar-refractivity contribution in [3.63, 3.8) is 0 Å². The largest absolute Gasteiger partial charge is 0.465 e. The minimum Gasteiger partial charge on any atom is -0.465 e. The molecule has 0 spiro atoms. The van der Waals surface area contributed by atoms with E-state index in [0.29, 0.717) is 0 Å². The molecule has 0 amide bonds. The second kappa shape index (κ2) is 10.6. The summed E-state index contributed by atoms with van der Waals surface area (Å²) in [5, 5.41) is 0. The highest BCUT2D eigenvalue weighted by Crippen LogP contribution is 2.13. The van der Waals surface area contributed by atoms with Crippen LogP contribution < -0.4 is 0 Å². The molecule has 29 heavy (non-hydrogen) atoms. The summed E-state index contributed by atoms with van der Waals surface area (Å²) in [6.07, 6.45) is 0.234. The van der Waals surface area contributed by atoms with E-state index in [1.165, 1.54) is 38.5 Å². The van der Waals surface area contributed by atoms with Crippen LogP contribution in [0.4, 0.5) is 0 Å². The molecule has 0 aliphatic carbocycles. The maximum atomic E-state index is 12.2. The average Bonchev–Trinajstić information content (AvgIpc) is 2.77. The molecule has 0 aliphatic rings. The fraction of sp³-hybridized carbons (Fsp3) is 0.238. The summed E-state index contributed by atoms with van der Waals surface area (Å²) in [5.41, 5.74) is 0.378. The van der Waals surface area contributed by atoms with Gasteiger partial charge < -0.3 is 18.9 Å². The number of ether oxygens (including phenoxy) is 4. The van der Waals surface area contributed by atoms with E-state index in [4.69, 9.17) is 9.47 Å². The molecule has 2 rings (SSSR count). The fourth-order valence-electron chi connectivity index (χ4n) is 2.44. The van der Waals surface area contributed by atoms with E-state index >= 15 is 0 Å². The number of methoxy groups -OCH3 is 2. The molecule has 0 aromatic heterocycles. The predicted octanol–water partition coefficient (Wildman–Crippen LogP) is 2.66. The summed E-state index contributed by atoms with van der Waals surface area (Å²) < 4.78 is 19.5. The SMILES string of the molecule is COC(=O)c1ccccc1C(=O)OCCCOC(=O)c1ccccc1C(=O)OC. The molecule has 0 bridgehead atoms. The maximum Gasteiger partial charge on any atom is 0.339 e. The normalized spacial score (nSPS) is 10.0. The van der Waals surface area contributed by atoms with Crippen LogP contribution in [-0.4, -0.2) is 51.3 Å². The minimum atomic E-state index is -0.687. The molecule has 152 valence electrons. The third-order valence-corrected chi connectivity index (χ3v) is 3.86. The topological polar surface area (TPSA) is 105 Å². The highest BCUT2D eigenvalue weighted by Gasteiger charge is 2.19. The molecule has 0 heterocycles. The average molecular weight is 400 g/mol. The van der Waals surface area contributed by atoms with Gasteiger partial charge in [-0.15, -0.1) is 0 Å². The smallest absolute Gasteiger partial charge is 0.339 e. The lowest BCUT2D eigenvalue weighted by Gasteiger charge is -2.10. The summed E-state index contributed by atoms with van der Waals surface area (Å²) in [4.78, 5) is 47.7. The van der Waals surface area contributed by atoms with E-state index in [0.717, 1.165) is 0 Å². The number of esters is 4. The molecular formula is C21H20O8. The van der Waals surface area contributed by atoms with Gasteiger partial charge in [-0.2, -0.15) is 0 Å². The zero-order chi connectivity index (χ0) is 21.2. The van der Waals surface area contributed by atoms with Crippen LogP contribution in [0.2, 0.25) is 0 Å². The van der Waals surface area contributed by atoms with E-state index < -0.39 is 23.9 Å².